The van der Waals surface area contributed by atoms with Crippen LogP contribution in [0.2, 0.25) is 0 Å². The molecule has 0 bridgehead atoms. The molecule has 0 saturated carbocycles. The van der Waals surface area contributed by atoms with Crippen molar-refractivity contribution in [2.75, 3.05) is 18.5 Å². The summed E-state index contributed by atoms with van der Waals surface area (Å²) in [7, 11) is 0. The minimum Gasteiger partial charge on any atom is -0.336 e. The van der Waals surface area contributed by atoms with Gasteiger partial charge < -0.3 is 9.80 Å². The Balaban J connectivity index is 1.96. The molecule has 1 aromatic carbocycles. The van der Waals surface area contributed by atoms with Crippen molar-refractivity contribution >= 4 is 23.2 Å². The Hall–Kier alpha value is -3.39. The molecule has 1 aromatic rings. The van der Waals surface area contributed by atoms with Crippen LogP contribution in [0.25, 0.3) is 0 Å². The maximum absolute atomic E-state index is 13.3. The lowest BCUT2D eigenvalue weighted by atomic mass is 9.99. The molecule has 0 aliphatic carbocycles. The van der Waals surface area contributed by atoms with Gasteiger partial charge in [-0.2, -0.15) is 15.6 Å². The quantitative estimate of drug-likeness (QED) is 0.591. The number of nitrogens with one attached hydrogen (secondary N) is 1. The molecule has 2 atom stereocenters. The van der Waals surface area contributed by atoms with Gasteiger partial charge in [-0.15, -0.1) is 0 Å². The Morgan fingerprint density at radius 3 is 1.81 bits per heavy atom. The van der Waals surface area contributed by atoms with Gasteiger partial charge in [0.05, 0.1) is 5.69 Å². The minimum absolute atomic E-state index is 0.124. The van der Waals surface area contributed by atoms with Gasteiger partial charge in [0.1, 0.15) is 12.1 Å². The zero-order chi connectivity index (χ0) is 22.4. The molecule has 0 aromatic heterocycles. The molecule has 1 N–H and O–H groups in total. The van der Waals surface area contributed by atoms with Crippen molar-refractivity contribution in [2.45, 2.75) is 64.5 Å². The molecule has 2 fully saturated rings. The van der Waals surface area contributed by atoms with Crippen LogP contribution in [0.15, 0.2) is 23.3 Å². The molecule has 0 spiro atoms. The minimum atomic E-state index is -0.334. The molecule has 2 unspecified atom stereocenters. The van der Waals surface area contributed by atoms with Gasteiger partial charge in [0.15, 0.2) is 0 Å². The zero-order valence-electron chi connectivity index (χ0n) is 18.1. The Bertz CT molecular complexity index is 890. The van der Waals surface area contributed by atoms with E-state index in [2.05, 4.69) is 10.5 Å². The first-order valence-electron chi connectivity index (χ1n) is 10.9. The second-order valence-electron chi connectivity index (χ2n) is 8.28. The van der Waals surface area contributed by atoms with Crippen molar-refractivity contribution in [3.63, 3.8) is 0 Å². The number of anilines is 1. The van der Waals surface area contributed by atoms with Gasteiger partial charge in [0.25, 0.3) is 11.8 Å². The Morgan fingerprint density at radius 2 is 1.39 bits per heavy atom. The van der Waals surface area contributed by atoms with Crippen molar-refractivity contribution in [1.29, 1.82) is 10.5 Å². The first-order valence-corrected chi connectivity index (χ1v) is 10.9. The number of likely N-dealkylation sites (tertiary alicyclic amines) is 2. The van der Waals surface area contributed by atoms with E-state index in [0.29, 0.717) is 29.9 Å². The monoisotopic (exact) mass is 420 g/mol. The molecule has 3 rings (SSSR count). The SMILES string of the molecule is CC1CCCCN1C(=O)c1cc(NN=C(C#N)C#N)cc(C(=O)N2CCCCC2C)c1. The molecule has 2 saturated heterocycles. The average molecular weight is 421 g/mol. The van der Waals surface area contributed by atoms with E-state index in [-0.39, 0.29) is 29.6 Å². The van der Waals surface area contributed by atoms with Crippen molar-refractivity contribution in [3.8, 4) is 12.1 Å². The van der Waals surface area contributed by atoms with Crippen molar-refractivity contribution in [2.24, 2.45) is 5.10 Å². The Labute approximate surface area is 183 Å². The highest BCUT2D eigenvalue weighted by molar-refractivity contribution is 6.10. The van der Waals surface area contributed by atoms with Crippen molar-refractivity contribution in [3.05, 3.63) is 29.3 Å². The lowest BCUT2D eigenvalue weighted by molar-refractivity contribution is 0.0634. The number of benzene rings is 1. The van der Waals surface area contributed by atoms with Crippen LogP contribution in [0.3, 0.4) is 0 Å². The predicted molar refractivity (Wildman–Crippen MR) is 117 cm³/mol. The first-order chi connectivity index (χ1) is 14.9. The lowest BCUT2D eigenvalue weighted by Crippen LogP contribution is -2.43. The number of carbonyl (C=O) groups excluding carboxylic acids is 2. The topological polar surface area (TPSA) is 113 Å². The third-order valence-electron chi connectivity index (χ3n) is 6.06. The van der Waals surface area contributed by atoms with E-state index in [4.69, 9.17) is 10.5 Å². The second-order valence-corrected chi connectivity index (χ2v) is 8.28. The van der Waals surface area contributed by atoms with Crippen LogP contribution in [-0.4, -0.2) is 52.5 Å². The van der Waals surface area contributed by atoms with Gasteiger partial charge in [-0.05, 0) is 70.6 Å². The molecule has 2 heterocycles. The van der Waals surface area contributed by atoms with Gasteiger partial charge in [-0.25, -0.2) is 0 Å². The number of carbonyl (C=O) groups is 2. The summed E-state index contributed by atoms with van der Waals surface area (Å²) >= 11 is 0. The van der Waals surface area contributed by atoms with Crippen LogP contribution in [0, 0.1) is 22.7 Å². The van der Waals surface area contributed by atoms with Crippen molar-refractivity contribution in [1.82, 2.24) is 9.80 Å². The number of nitriles is 2. The summed E-state index contributed by atoms with van der Waals surface area (Å²) in [4.78, 5) is 30.2. The highest BCUT2D eigenvalue weighted by atomic mass is 16.2. The van der Waals surface area contributed by atoms with E-state index >= 15 is 0 Å². The summed E-state index contributed by atoms with van der Waals surface area (Å²) in [5.74, 6) is -0.247. The summed E-state index contributed by atoms with van der Waals surface area (Å²) in [5.41, 5.74) is 3.53. The van der Waals surface area contributed by atoms with Crippen LogP contribution in [-0.2, 0) is 0 Å². The van der Waals surface area contributed by atoms with Gasteiger partial charge in [-0.1, -0.05) is 0 Å². The Morgan fingerprint density at radius 1 is 0.903 bits per heavy atom. The molecule has 0 radical (unpaired) electrons. The van der Waals surface area contributed by atoms with E-state index in [1.807, 2.05) is 23.6 Å². The standard InChI is InChI=1S/C23H28N6O2/c1-16-7-3-5-9-28(16)22(30)18-11-19(23(31)29-10-6-4-8-17(29)2)13-20(12-18)26-27-21(14-24)15-25/h11-13,16-17,26H,3-10H2,1-2H3. The van der Waals surface area contributed by atoms with Crippen molar-refractivity contribution < 1.29 is 9.59 Å². The molecular formula is C23H28N6O2. The van der Waals surface area contributed by atoms with Gasteiger partial charge in [-0.3, -0.25) is 15.0 Å². The number of rotatable bonds is 4. The van der Waals surface area contributed by atoms with E-state index in [9.17, 15) is 9.59 Å². The number of hydrazone groups is 1. The number of hydrogen-bond donors (Lipinski definition) is 1. The molecule has 8 nitrogen and oxygen atoms in total. The third kappa shape index (κ3) is 5.21. The molecule has 2 amide bonds. The normalized spacial score (nSPS) is 20.9. The van der Waals surface area contributed by atoms with Crippen LogP contribution in [0.4, 0.5) is 5.69 Å². The largest absolute Gasteiger partial charge is 0.336 e. The summed E-state index contributed by atoms with van der Waals surface area (Å²) in [6.07, 6.45) is 6.04. The summed E-state index contributed by atoms with van der Waals surface area (Å²) in [5, 5.41) is 21.6. The first kappa shape index (κ1) is 22.3. The molecule has 31 heavy (non-hydrogen) atoms. The second kappa shape index (κ2) is 10.1. The summed E-state index contributed by atoms with van der Waals surface area (Å²) < 4.78 is 0. The highest BCUT2D eigenvalue weighted by Crippen LogP contribution is 2.25. The summed E-state index contributed by atoms with van der Waals surface area (Å²) in [6, 6.07) is 8.55. The van der Waals surface area contributed by atoms with E-state index in [1.165, 1.54) is 0 Å². The molecule has 8 heteroatoms. The van der Waals surface area contributed by atoms with Gasteiger partial charge in [0.2, 0.25) is 5.71 Å². The van der Waals surface area contributed by atoms with Crippen LogP contribution in [0.1, 0.15) is 73.1 Å². The Kier molecular flexibility index (Phi) is 7.25. The van der Waals surface area contributed by atoms with Gasteiger partial charge >= 0.3 is 0 Å². The molecular weight excluding hydrogens is 392 g/mol. The average Bonchev–Trinajstić information content (AvgIpc) is 2.79. The number of hydrogen-bond acceptors (Lipinski definition) is 6. The third-order valence-corrected chi connectivity index (χ3v) is 6.06. The predicted octanol–water partition coefficient (Wildman–Crippen LogP) is 3.53. The van der Waals surface area contributed by atoms with Crippen LogP contribution >= 0.6 is 0 Å². The zero-order valence-corrected chi connectivity index (χ0v) is 18.1. The number of amides is 2. The van der Waals surface area contributed by atoms with E-state index < -0.39 is 0 Å². The summed E-state index contributed by atoms with van der Waals surface area (Å²) in [6.45, 7) is 5.46. The fourth-order valence-electron chi connectivity index (χ4n) is 4.27. The highest BCUT2D eigenvalue weighted by Gasteiger charge is 2.28. The van der Waals surface area contributed by atoms with E-state index in [0.717, 1.165) is 38.5 Å². The fourth-order valence-corrected chi connectivity index (χ4v) is 4.27. The maximum Gasteiger partial charge on any atom is 0.254 e. The maximum atomic E-state index is 13.3. The van der Waals surface area contributed by atoms with Crippen LogP contribution < -0.4 is 5.43 Å². The number of nitrogens with zero attached hydrogens (tertiary/aromatic N) is 5. The number of piperidine rings is 2. The van der Waals surface area contributed by atoms with Crippen LogP contribution in [0.5, 0.6) is 0 Å². The molecule has 2 aliphatic rings. The van der Waals surface area contributed by atoms with E-state index in [1.54, 1.807) is 30.3 Å². The molecule has 162 valence electrons. The fraction of sp³-hybridized carbons (Fsp3) is 0.522. The smallest absolute Gasteiger partial charge is 0.254 e. The lowest BCUT2D eigenvalue weighted by Gasteiger charge is -2.34. The van der Waals surface area contributed by atoms with Gasteiger partial charge in [0, 0.05) is 36.3 Å². The molecule has 2 aliphatic heterocycles.